The molecular formula is C14H18N2O2. The zero-order valence-electron chi connectivity index (χ0n) is 10.4. The van der Waals surface area contributed by atoms with E-state index in [9.17, 15) is 4.79 Å². The van der Waals surface area contributed by atoms with Crippen molar-refractivity contribution in [3.8, 4) is 0 Å². The average molecular weight is 246 g/mol. The molecule has 1 aromatic heterocycles. The first-order valence-corrected chi connectivity index (χ1v) is 6.66. The van der Waals surface area contributed by atoms with Gasteiger partial charge in [0.2, 0.25) is 0 Å². The van der Waals surface area contributed by atoms with E-state index in [1.54, 1.807) is 0 Å². The van der Waals surface area contributed by atoms with Crippen molar-refractivity contribution in [2.45, 2.75) is 38.1 Å². The van der Waals surface area contributed by atoms with Crippen molar-refractivity contribution in [3.05, 3.63) is 34.3 Å². The summed E-state index contributed by atoms with van der Waals surface area (Å²) in [6, 6.07) is 6.59. The number of H-pyrrole nitrogens is 1. The highest BCUT2D eigenvalue weighted by Gasteiger charge is 2.13. The molecule has 18 heavy (non-hydrogen) atoms. The van der Waals surface area contributed by atoms with Crippen LogP contribution in [0, 0.1) is 0 Å². The fourth-order valence-corrected chi connectivity index (χ4v) is 2.71. The molecule has 1 heterocycles. The lowest BCUT2D eigenvalue weighted by Crippen LogP contribution is -2.27. The normalized spacial score (nSPS) is 16.7. The molecule has 4 nitrogen and oxygen atoms in total. The highest BCUT2D eigenvalue weighted by molar-refractivity contribution is 5.72. The van der Waals surface area contributed by atoms with Gasteiger partial charge in [-0.1, -0.05) is 18.9 Å². The minimum absolute atomic E-state index is 0.383. The summed E-state index contributed by atoms with van der Waals surface area (Å²) >= 11 is 0. The Morgan fingerprint density at radius 1 is 1.33 bits per heavy atom. The van der Waals surface area contributed by atoms with Gasteiger partial charge in [0, 0.05) is 6.04 Å². The molecule has 0 unspecified atom stereocenters. The van der Waals surface area contributed by atoms with Crippen LogP contribution in [0.15, 0.2) is 27.4 Å². The highest BCUT2D eigenvalue weighted by Crippen LogP contribution is 2.17. The molecule has 0 aliphatic heterocycles. The van der Waals surface area contributed by atoms with Crippen molar-refractivity contribution in [1.29, 1.82) is 0 Å². The Kier molecular flexibility index (Phi) is 3.19. The van der Waals surface area contributed by atoms with Crippen LogP contribution in [0.3, 0.4) is 0 Å². The minimum Gasteiger partial charge on any atom is -0.408 e. The topological polar surface area (TPSA) is 58.0 Å². The lowest BCUT2D eigenvalue weighted by Gasteiger charge is -2.11. The molecule has 0 atom stereocenters. The van der Waals surface area contributed by atoms with Crippen LogP contribution in [-0.2, 0) is 6.42 Å². The molecule has 1 aliphatic rings. The monoisotopic (exact) mass is 246 g/mol. The molecule has 4 heteroatoms. The average Bonchev–Trinajstić information content (AvgIpc) is 2.96. The van der Waals surface area contributed by atoms with Crippen LogP contribution < -0.4 is 11.1 Å². The second kappa shape index (κ2) is 4.98. The smallest absolute Gasteiger partial charge is 0.408 e. The Morgan fingerprint density at radius 2 is 2.17 bits per heavy atom. The maximum Gasteiger partial charge on any atom is 0.417 e. The van der Waals surface area contributed by atoms with Crippen LogP contribution in [0.2, 0.25) is 0 Å². The number of benzene rings is 1. The van der Waals surface area contributed by atoms with E-state index >= 15 is 0 Å². The van der Waals surface area contributed by atoms with Gasteiger partial charge < -0.3 is 9.73 Å². The second-order valence-corrected chi connectivity index (χ2v) is 5.03. The van der Waals surface area contributed by atoms with E-state index in [1.807, 2.05) is 18.2 Å². The van der Waals surface area contributed by atoms with Crippen molar-refractivity contribution in [1.82, 2.24) is 10.3 Å². The third-order valence-electron chi connectivity index (χ3n) is 3.69. The maximum atomic E-state index is 11.1. The van der Waals surface area contributed by atoms with Crippen LogP contribution in [0.4, 0.5) is 0 Å². The van der Waals surface area contributed by atoms with Crippen LogP contribution in [0.1, 0.15) is 31.2 Å². The number of aromatic amines is 1. The number of aromatic nitrogens is 1. The molecule has 0 radical (unpaired) electrons. The Hall–Kier alpha value is -1.55. The first-order valence-electron chi connectivity index (χ1n) is 6.66. The van der Waals surface area contributed by atoms with Crippen LogP contribution in [0.5, 0.6) is 0 Å². The number of nitrogens with one attached hydrogen (secondary N) is 2. The van der Waals surface area contributed by atoms with Gasteiger partial charge in [-0.2, -0.15) is 0 Å². The fraction of sp³-hybridized carbons (Fsp3) is 0.500. The van der Waals surface area contributed by atoms with Gasteiger partial charge in [0.1, 0.15) is 0 Å². The first kappa shape index (κ1) is 11.5. The molecule has 96 valence electrons. The number of rotatable bonds is 4. The largest absolute Gasteiger partial charge is 0.417 e. The zero-order valence-corrected chi connectivity index (χ0v) is 10.4. The molecule has 2 N–H and O–H groups in total. The van der Waals surface area contributed by atoms with Crippen LogP contribution in [0.25, 0.3) is 11.1 Å². The lowest BCUT2D eigenvalue weighted by molar-refractivity contribution is 0.528. The van der Waals surface area contributed by atoms with E-state index in [-0.39, 0.29) is 5.76 Å². The number of hydrogen-bond donors (Lipinski definition) is 2. The SMILES string of the molecule is O=c1[nH]c2cc(CCNC3CCCC3)ccc2o1. The summed E-state index contributed by atoms with van der Waals surface area (Å²) in [7, 11) is 0. The number of hydrogen-bond acceptors (Lipinski definition) is 3. The van der Waals surface area contributed by atoms with E-state index in [0.717, 1.165) is 18.5 Å². The van der Waals surface area contributed by atoms with Gasteiger partial charge in [-0.25, -0.2) is 4.79 Å². The maximum absolute atomic E-state index is 11.1. The zero-order chi connectivity index (χ0) is 12.4. The Labute approximate surface area is 105 Å². The molecule has 1 fully saturated rings. The van der Waals surface area contributed by atoms with Gasteiger partial charge >= 0.3 is 5.76 Å². The van der Waals surface area contributed by atoms with E-state index < -0.39 is 0 Å². The molecule has 1 aliphatic carbocycles. The Balaban J connectivity index is 1.61. The Morgan fingerprint density at radius 3 is 3.00 bits per heavy atom. The molecule has 0 spiro atoms. The van der Waals surface area contributed by atoms with E-state index in [2.05, 4.69) is 10.3 Å². The summed E-state index contributed by atoms with van der Waals surface area (Å²) in [6.45, 7) is 0.998. The van der Waals surface area contributed by atoms with E-state index in [4.69, 9.17) is 4.42 Å². The molecule has 2 aromatic rings. The predicted octanol–water partition coefficient (Wildman–Crippen LogP) is 2.20. The van der Waals surface area contributed by atoms with Crippen molar-refractivity contribution in [2.24, 2.45) is 0 Å². The van der Waals surface area contributed by atoms with Crippen molar-refractivity contribution >= 4 is 11.1 Å². The molecule has 1 saturated carbocycles. The van der Waals surface area contributed by atoms with Gasteiger partial charge in [-0.15, -0.1) is 0 Å². The van der Waals surface area contributed by atoms with Crippen LogP contribution >= 0.6 is 0 Å². The first-order chi connectivity index (χ1) is 8.81. The molecule has 0 saturated heterocycles. The van der Waals surface area contributed by atoms with Crippen molar-refractivity contribution in [2.75, 3.05) is 6.54 Å². The highest BCUT2D eigenvalue weighted by atomic mass is 16.4. The number of oxazole rings is 1. The molecule has 0 bridgehead atoms. The summed E-state index contributed by atoms with van der Waals surface area (Å²) in [5.74, 6) is -0.383. The summed E-state index contributed by atoms with van der Waals surface area (Å²) in [6.07, 6.45) is 6.33. The molecule has 1 aromatic carbocycles. The standard InChI is InChI=1S/C14H18N2O2/c17-14-16-12-9-10(5-6-13(12)18-14)7-8-15-11-3-1-2-4-11/h5-6,9,11,15H,1-4,7-8H2,(H,16,17). The number of fused-ring (bicyclic) bond motifs is 1. The molecule has 0 amide bonds. The quantitative estimate of drug-likeness (QED) is 0.869. The van der Waals surface area contributed by atoms with Crippen molar-refractivity contribution < 1.29 is 4.42 Å². The van der Waals surface area contributed by atoms with E-state index in [0.29, 0.717) is 11.6 Å². The minimum atomic E-state index is -0.383. The van der Waals surface area contributed by atoms with Gasteiger partial charge in [0.25, 0.3) is 0 Å². The van der Waals surface area contributed by atoms with Gasteiger partial charge in [-0.05, 0) is 43.5 Å². The summed E-state index contributed by atoms with van der Waals surface area (Å²) in [5, 5.41) is 3.59. The molecule has 3 rings (SSSR count). The third kappa shape index (κ3) is 2.48. The fourth-order valence-electron chi connectivity index (χ4n) is 2.71. The van der Waals surface area contributed by atoms with Gasteiger partial charge in [-0.3, -0.25) is 4.98 Å². The Bertz CT molecular complexity index is 579. The predicted molar refractivity (Wildman–Crippen MR) is 70.8 cm³/mol. The molecular weight excluding hydrogens is 228 g/mol. The van der Waals surface area contributed by atoms with Crippen LogP contribution in [-0.4, -0.2) is 17.6 Å². The summed E-state index contributed by atoms with van der Waals surface area (Å²) < 4.78 is 4.98. The van der Waals surface area contributed by atoms with E-state index in [1.165, 1.54) is 31.2 Å². The summed E-state index contributed by atoms with van der Waals surface area (Å²) in [4.78, 5) is 13.7. The second-order valence-electron chi connectivity index (χ2n) is 5.03. The summed E-state index contributed by atoms with van der Waals surface area (Å²) in [5.41, 5.74) is 2.65. The third-order valence-corrected chi connectivity index (χ3v) is 3.69. The van der Waals surface area contributed by atoms with Gasteiger partial charge in [0.05, 0.1) is 5.52 Å². The van der Waals surface area contributed by atoms with Gasteiger partial charge in [0.15, 0.2) is 5.58 Å². The lowest BCUT2D eigenvalue weighted by atomic mass is 10.1. The van der Waals surface area contributed by atoms with Crippen molar-refractivity contribution in [3.63, 3.8) is 0 Å².